The summed E-state index contributed by atoms with van der Waals surface area (Å²) in [7, 11) is 0. The number of para-hydroxylation sites is 1. The summed E-state index contributed by atoms with van der Waals surface area (Å²) < 4.78 is 0. The lowest BCUT2D eigenvalue weighted by atomic mass is 10.1. The van der Waals surface area contributed by atoms with Crippen LogP contribution in [0, 0.1) is 0 Å². The molecule has 0 bridgehead atoms. The van der Waals surface area contributed by atoms with Crippen LogP contribution in [-0.4, -0.2) is 12.6 Å². The van der Waals surface area contributed by atoms with Gasteiger partial charge >= 0.3 is 6.03 Å². The van der Waals surface area contributed by atoms with Gasteiger partial charge in [0.25, 0.3) is 0 Å². The predicted octanol–water partition coefficient (Wildman–Crippen LogP) is 5.45. The van der Waals surface area contributed by atoms with E-state index in [0.717, 1.165) is 27.6 Å². The summed E-state index contributed by atoms with van der Waals surface area (Å²) in [4.78, 5) is 12.0. The van der Waals surface area contributed by atoms with Gasteiger partial charge in [-0.1, -0.05) is 48.0 Å². The van der Waals surface area contributed by atoms with E-state index < -0.39 is 0 Å². The zero-order chi connectivity index (χ0) is 18.2. The monoisotopic (exact) mass is 365 g/mol. The number of rotatable bonds is 6. The molecule has 0 atom stereocenters. The lowest BCUT2D eigenvalue weighted by molar-refractivity contribution is 0.252. The summed E-state index contributed by atoms with van der Waals surface area (Å²) in [5, 5.41) is 9.68. The molecule has 0 aliphatic rings. The fourth-order valence-corrected chi connectivity index (χ4v) is 2.74. The largest absolute Gasteiger partial charge is 0.356 e. The van der Waals surface area contributed by atoms with Crippen LogP contribution in [0.5, 0.6) is 0 Å². The molecule has 26 heavy (non-hydrogen) atoms. The van der Waals surface area contributed by atoms with Crippen molar-refractivity contribution in [2.24, 2.45) is 0 Å². The van der Waals surface area contributed by atoms with E-state index in [-0.39, 0.29) is 6.03 Å². The molecule has 3 N–H and O–H groups in total. The third-order valence-electron chi connectivity index (χ3n) is 3.84. The van der Waals surface area contributed by atoms with Crippen LogP contribution in [0.2, 0.25) is 5.02 Å². The molecule has 2 amide bonds. The number of amides is 2. The average molecular weight is 366 g/mol. The van der Waals surface area contributed by atoms with Crippen LogP contribution in [0.3, 0.4) is 0 Å². The van der Waals surface area contributed by atoms with E-state index >= 15 is 0 Å². The highest BCUT2D eigenvalue weighted by molar-refractivity contribution is 6.31. The van der Waals surface area contributed by atoms with Crippen molar-refractivity contribution < 1.29 is 4.79 Å². The van der Waals surface area contributed by atoms with Crippen LogP contribution < -0.4 is 16.0 Å². The third kappa shape index (κ3) is 5.26. The molecule has 0 aromatic heterocycles. The van der Waals surface area contributed by atoms with E-state index in [0.29, 0.717) is 13.0 Å². The molecule has 0 radical (unpaired) electrons. The molecule has 0 heterocycles. The van der Waals surface area contributed by atoms with E-state index in [2.05, 4.69) is 16.0 Å². The van der Waals surface area contributed by atoms with Gasteiger partial charge in [0.2, 0.25) is 0 Å². The maximum absolute atomic E-state index is 12.0. The Kier molecular flexibility index (Phi) is 6.12. The molecule has 0 spiro atoms. The number of hydrogen-bond acceptors (Lipinski definition) is 2. The number of halogens is 1. The maximum Gasteiger partial charge on any atom is 0.319 e. The van der Waals surface area contributed by atoms with E-state index in [1.165, 1.54) is 0 Å². The van der Waals surface area contributed by atoms with Gasteiger partial charge in [-0.3, -0.25) is 0 Å². The Labute approximate surface area is 158 Å². The summed E-state index contributed by atoms with van der Waals surface area (Å²) in [6.45, 7) is 0.517. The molecule has 5 heteroatoms. The molecule has 0 aliphatic carbocycles. The highest BCUT2D eigenvalue weighted by Gasteiger charge is 2.03. The highest BCUT2D eigenvalue weighted by atomic mass is 35.5. The van der Waals surface area contributed by atoms with Gasteiger partial charge in [0.15, 0.2) is 0 Å². The van der Waals surface area contributed by atoms with Crippen LogP contribution in [-0.2, 0) is 6.42 Å². The van der Waals surface area contributed by atoms with Gasteiger partial charge in [-0.05, 0) is 54.4 Å². The van der Waals surface area contributed by atoms with Gasteiger partial charge in [0.05, 0.1) is 0 Å². The molecule has 132 valence electrons. The number of nitrogens with one attached hydrogen (secondary N) is 3. The average Bonchev–Trinajstić information content (AvgIpc) is 2.66. The molecule has 0 saturated heterocycles. The Morgan fingerprint density at radius 2 is 1.38 bits per heavy atom. The first-order chi connectivity index (χ1) is 12.7. The standard InChI is InChI=1S/C21H20ClN3O/c22-20-9-5-4-6-16(20)14-15-23-21(26)25-19-12-10-18(11-13-19)24-17-7-2-1-3-8-17/h1-13,24H,14-15H2,(H2,23,25,26). The quantitative estimate of drug-likeness (QED) is 0.544. The van der Waals surface area contributed by atoms with Crippen molar-refractivity contribution in [1.29, 1.82) is 0 Å². The van der Waals surface area contributed by atoms with Crippen LogP contribution in [0.4, 0.5) is 21.9 Å². The molecule has 0 saturated carbocycles. The van der Waals surface area contributed by atoms with Crippen molar-refractivity contribution in [2.45, 2.75) is 6.42 Å². The Balaban J connectivity index is 1.46. The first-order valence-electron chi connectivity index (χ1n) is 8.41. The van der Waals surface area contributed by atoms with E-state index in [1.54, 1.807) is 0 Å². The Bertz CT molecular complexity index is 851. The number of carbonyl (C=O) groups is 1. The van der Waals surface area contributed by atoms with Gasteiger partial charge in [0, 0.05) is 28.6 Å². The third-order valence-corrected chi connectivity index (χ3v) is 4.21. The van der Waals surface area contributed by atoms with Crippen LogP contribution >= 0.6 is 11.6 Å². The molecule has 0 fully saturated rings. The van der Waals surface area contributed by atoms with Gasteiger partial charge in [-0.25, -0.2) is 4.79 Å². The van der Waals surface area contributed by atoms with Crippen molar-refractivity contribution in [3.8, 4) is 0 Å². The topological polar surface area (TPSA) is 53.2 Å². The van der Waals surface area contributed by atoms with E-state index in [9.17, 15) is 4.79 Å². The van der Waals surface area contributed by atoms with Crippen molar-refractivity contribution in [2.75, 3.05) is 17.2 Å². The van der Waals surface area contributed by atoms with E-state index in [1.807, 2.05) is 78.9 Å². The summed E-state index contributed by atoms with van der Waals surface area (Å²) in [5.41, 5.74) is 3.73. The SMILES string of the molecule is O=C(NCCc1ccccc1Cl)Nc1ccc(Nc2ccccc2)cc1. The summed E-state index contributed by atoms with van der Waals surface area (Å²) in [6.07, 6.45) is 0.688. The molecule has 3 rings (SSSR count). The zero-order valence-electron chi connectivity index (χ0n) is 14.2. The summed E-state index contributed by atoms with van der Waals surface area (Å²) >= 11 is 6.11. The highest BCUT2D eigenvalue weighted by Crippen LogP contribution is 2.18. The van der Waals surface area contributed by atoms with Crippen molar-refractivity contribution in [1.82, 2.24) is 5.32 Å². The lowest BCUT2D eigenvalue weighted by Crippen LogP contribution is -2.30. The van der Waals surface area contributed by atoms with Gasteiger partial charge in [0.1, 0.15) is 0 Å². The maximum atomic E-state index is 12.0. The molecule has 3 aromatic carbocycles. The number of anilines is 3. The fourth-order valence-electron chi connectivity index (χ4n) is 2.51. The first-order valence-corrected chi connectivity index (χ1v) is 8.79. The molecule has 0 aliphatic heterocycles. The fraction of sp³-hybridized carbons (Fsp3) is 0.0952. The Morgan fingerprint density at radius 1 is 0.769 bits per heavy atom. The Hall–Kier alpha value is -2.98. The van der Waals surface area contributed by atoms with Crippen molar-refractivity contribution in [3.63, 3.8) is 0 Å². The van der Waals surface area contributed by atoms with Crippen LogP contribution in [0.1, 0.15) is 5.56 Å². The van der Waals surface area contributed by atoms with Gasteiger partial charge in [-0.2, -0.15) is 0 Å². The van der Waals surface area contributed by atoms with Crippen molar-refractivity contribution in [3.05, 3.63) is 89.4 Å². The van der Waals surface area contributed by atoms with Crippen molar-refractivity contribution >= 4 is 34.7 Å². The predicted molar refractivity (Wildman–Crippen MR) is 108 cm³/mol. The smallest absolute Gasteiger partial charge is 0.319 e. The summed E-state index contributed by atoms with van der Waals surface area (Å²) in [5.74, 6) is 0. The minimum absolute atomic E-state index is 0.235. The number of carbonyl (C=O) groups excluding carboxylic acids is 1. The minimum atomic E-state index is -0.235. The van der Waals surface area contributed by atoms with Gasteiger partial charge in [-0.15, -0.1) is 0 Å². The minimum Gasteiger partial charge on any atom is -0.356 e. The Morgan fingerprint density at radius 3 is 2.12 bits per heavy atom. The second kappa shape index (κ2) is 8.92. The molecular weight excluding hydrogens is 346 g/mol. The normalized spacial score (nSPS) is 10.2. The first kappa shape index (κ1) is 17.8. The summed E-state index contributed by atoms with van der Waals surface area (Å²) in [6, 6.07) is 24.9. The van der Waals surface area contributed by atoms with Crippen LogP contribution in [0.25, 0.3) is 0 Å². The van der Waals surface area contributed by atoms with Crippen LogP contribution in [0.15, 0.2) is 78.9 Å². The molecule has 0 unspecified atom stereocenters. The molecular formula is C21H20ClN3O. The zero-order valence-corrected chi connectivity index (χ0v) is 15.0. The number of urea groups is 1. The molecule has 4 nitrogen and oxygen atoms in total. The number of hydrogen-bond donors (Lipinski definition) is 3. The second-order valence-electron chi connectivity index (χ2n) is 5.79. The second-order valence-corrected chi connectivity index (χ2v) is 6.20. The lowest BCUT2D eigenvalue weighted by Gasteiger charge is -2.10. The molecule has 3 aromatic rings. The number of benzene rings is 3. The van der Waals surface area contributed by atoms with E-state index in [4.69, 9.17) is 11.6 Å². The van der Waals surface area contributed by atoms with Gasteiger partial charge < -0.3 is 16.0 Å².